The highest BCUT2D eigenvalue weighted by Crippen LogP contribution is 2.29. The van der Waals surface area contributed by atoms with Crippen molar-refractivity contribution in [2.45, 2.75) is 51.1 Å². The molecule has 1 amide bonds. The van der Waals surface area contributed by atoms with Crippen LogP contribution in [0.4, 0.5) is 0 Å². The van der Waals surface area contributed by atoms with Gasteiger partial charge in [-0.25, -0.2) is 0 Å². The minimum absolute atomic E-state index is 0.00519. The second-order valence-corrected chi connectivity index (χ2v) is 6.13. The molecule has 2 N–H and O–H groups in total. The lowest BCUT2D eigenvalue weighted by atomic mass is 9.96. The Hall–Kier alpha value is -1.35. The van der Waals surface area contributed by atoms with Crippen molar-refractivity contribution in [2.24, 2.45) is 0 Å². The normalized spacial score (nSPS) is 20.9. The third-order valence-electron chi connectivity index (χ3n) is 4.48. The predicted molar refractivity (Wildman–Crippen MR) is 76.2 cm³/mol. The van der Waals surface area contributed by atoms with Gasteiger partial charge >= 0.3 is 0 Å². The van der Waals surface area contributed by atoms with E-state index in [0.29, 0.717) is 0 Å². The molecule has 1 fully saturated rings. The molecule has 3 heteroatoms. The van der Waals surface area contributed by atoms with Crippen LogP contribution in [-0.2, 0) is 13.0 Å². The number of nitrogens with one attached hydrogen (secondary N) is 2. The SMILES string of the molecule is CC1(NC(=O)c2ccc3c(c2)CNCC3)CCCC1. The minimum atomic E-state index is 0.00519. The molecule has 0 spiro atoms. The smallest absolute Gasteiger partial charge is 0.251 e. The van der Waals surface area contributed by atoms with Gasteiger partial charge in [-0.3, -0.25) is 4.79 Å². The van der Waals surface area contributed by atoms with Crippen molar-refractivity contribution in [3.05, 3.63) is 34.9 Å². The lowest BCUT2D eigenvalue weighted by Crippen LogP contribution is -2.43. The Balaban J connectivity index is 1.76. The third kappa shape index (κ3) is 2.66. The molecule has 3 nitrogen and oxygen atoms in total. The quantitative estimate of drug-likeness (QED) is 0.855. The zero-order valence-corrected chi connectivity index (χ0v) is 11.6. The van der Waals surface area contributed by atoms with Crippen LogP contribution in [0.3, 0.4) is 0 Å². The van der Waals surface area contributed by atoms with Gasteiger partial charge < -0.3 is 10.6 Å². The maximum absolute atomic E-state index is 12.4. The van der Waals surface area contributed by atoms with Crippen molar-refractivity contribution in [3.63, 3.8) is 0 Å². The van der Waals surface area contributed by atoms with Crippen LogP contribution < -0.4 is 10.6 Å². The van der Waals surface area contributed by atoms with Crippen LogP contribution in [0.1, 0.15) is 54.1 Å². The summed E-state index contributed by atoms with van der Waals surface area (Å²) in [6.45, 7) is 4.09. The van der Waals surface area contributed by atoms with Gasteiger partial charge in [0.15, 0.2) is 0 Å². The second-order valence-electron chi connectivity index (χ2n) is 6.13. The van der Waals surface area contributed by atoms with Crippen LogP contribution in [0.25, 0.3) is 0 Å². The first-order valence-corrected chi connectivity index (χ1v) is 7.31. The maximum atomic E-state index is 12.4. The van der Waals surface area contributed by atoms with E-state index in [1.54, 1.807) is 0 Å². The summed E-state index contributed by atoms with van der Waals surface area (Å²) in [5.74, 6) is 0.0813. The Morgan fingerprint density at radius 1 is 1.26 bits per heavy atom. The lowest BCUT2D eigenvalue weighted by Gasteiger charge is -2.26. The van der Waals surface area contributed by atoms with Gasteiger partial charge in [0, 0.05) is 17.6 Å². The topological polar surface area (TPSA) is 41.1 Å². The molecule has 0 radical (unpaired) electrons. The first kappa shape index (κ1) is 12.7. The summed E-state index contributed by atoms with van der Waals surface area (Å²) in [4.78, 5) is 12.4. The number of carbonyl (C=O) groups is 1. The summed E-state index contributed by atoms with van der Waals surface area (Å²) in [5, 5.41) is 6.57. The molecule has 0 saturated heterocycles. The molecule has 0 atom stereocenters. The monoisotopic (exact) mass is 258 g/mol. The summed E-state index contributed by atoms with van der Waals surface area (Å²) in [7, 11) is 0. The third-order valence-corrected chi connectivity index (χ3v) is 4.48. The van der Waals surface area contributed by atoms with Gasteiger partial charge in [0.05, 0.1) is 0 Å². The Morgan fingerprint density at radius 2 is 2.05 bits per heavy atom. The van der Waals surface area contributed by atoms with E-state index in [1.165, 1.54) is 24.0 Å². The van der Waals surface area contributed by atoms with Gasteiger partial charge in [-0.15, -0.1) is 0 Å². The van der Waals surface area contributed by atoms with Crippen LogP contribution in [0.5, 0.6) is 0 Å². The zero-order chi connectivity index (χ0) is 13.3. The van der Waals surface area contributed by atoms with Gasteiger partial charge in [0.2, 0.25) is 0 Å². The van der Waals surface area contributed by atoms with Crippen molar-refractivity contribution in [1.82, 2.24) is 10.6 Å². The van der Waals surface area contributed by atoms with E-state index in [2.05, 4.69) is 29.7 Å². The fourth-order valence-electron chi connectivity index (χ4n) is 3.25. The number of rotatable bonds is 2. The molecule has 1 heterocycles. The Morgan fingerprint density at radius 3 is 2.84 bits per heavy atom. The highest BCUT2D eigenvalue weighted by Gasteiger charge is 2.30. The van der Waals surface area contributed by atoms with E-state index >= 15 is 0 Å². The summed E-state index contributed by atoms with van der Waals surface area (Å²) in [6, 6.07) is 6.13. The molecule has 1 aromatic rings. The van der Waals surface area contributed by atoms with Crippen molar-refractivity contribution in [1.29, 1.82) is 0 Å². The van der Waals surface area contributed by atoms with E-state index in [0.717, 1.165) is 37.9 Å². The molecule has 1 aliphatic heterocycles. The summed E-state index contributed by atoms with van der Waals surface area (Å²) in [6.07, 6.45) is 5.72. The summed E-state index contributed by atoms with van der Waals surface area (Å²) in [5.41, 5.74) is 3.46. The maximum Gasteiger partial charge on any atom is 0.251 e. The molecule has 102 valence electrons. The average Bonchev–Trinajstić information content (AvgIpc) is 2.84. The van der Waals surface area contributed by atoms with Gasteiger partial charge in [0.1, 0.15) is 0 Å². The van der Waals surface area contributed by atoms with Gasteiger partial charge in [-0.1, -0.05) is 18.9 Å². The number of fused-ring (bicyclic) bond motifs is 1. The fraction of sp³-hybridized carbons (Fsp3) is 0.562. The molecule has 3 rings (SSSR count). The van der Waals surface area contributed by atoms with E-state index in [-0.39, 0.29) is 11.4 Å². The number of hydrogen-bond acceptors (Lipinski definition) is 2. The van der Waals surface area contributed by atoms with Crippen molar-refractivity contribution < 1.29 is 4.79 Å². The van der Waals surface area contributed by atoms with Gasteiger partial charge in [-0.05, 0) is 56.0 Å². The van der Waals surface area contributed by atoms with Crippen LogP contribution in [0.2, 0.25) is 0 Å². The molecule has 1 aliphatic carbocycles. The summed E-state index contributed by atoms with van der Waals surface area (Å²) < 4.78 is 0. The van der Waals surface area contributed by atoms with E-state index < -0.39 is 0 Å². The molecule has 1 saturated carbocycles. The second kappa shape index (κ2) is 4.97. The van der Waals surface area contributed by atoms with E-state index in [9.17, 15) is 4.79 Å². The Bertz CT molecular complexity index is 490. The highest BCUT2D eigenvalue weighted by atomic mass is 16.1. The number of benzene rings is 1. The minimum Gasteiger partial charge on any atom is -0.347 e. The zero-order valence-electron chi connectivity index (χ0n) is 11.6. The first-order chi connectivity index (χ1) is 9.16. The molecule has 0 aromatic heterocycles. The van der Waals surface area contributed by atoms with E-state index in [1.807, 2.05) is 6.07 Å². The average molecular weight is 258 g/mol. The van der Waals surface area contributed by atoms with Crippen LogP contribution in [0.15, 0.2) is 18.2 Å². The standard InChI is InChI=1S/C16H22N2O/c1-16(7-2-3-8-16)18-15(19)13-5-4-12-6-9-17-11-14(12)10-13/h4-5,10,17H,2-3,6-9,11H2,1H3,(H,18,19). The lowest BCUT2D eigenvalue weighted by molar-refractivity contribution is 0.0908. The number of hydrogen-bond donors (Lipinski definition) is 2. The number of amides is 1. The molecule has 0 unspecified atom stereocenters. The first-order valence-electron chi connectivity index (χ1n) is 7.31. The van der Waals surface area contributed by atoms with Crippen LogP contribution >= 0.6 is 0 Å². The molecular formula is C16H22N2O. The molecule has 0 bridgehead atoms. The molecule has 19 heavy (non-hydrogen) atoms. The van der Waals surface area contributed by atoms with E-state index in [4.69, 9.17) is 0 Å². The molecule has 1 aromatic carbocycles. The van der Waals surface area contributed by atoms with Gasteiger partial charge in [-0.2, -0.15) is 0 Å². The Labute approximate surface area is 114 Å². The number of carbonyl (C=O) groups excluding carboxylic acids is 1. The largest absolute Gasteiger partial charge is 0.347 e. The highest BCUT2D eigenvalue weighted by molar-refractivity contribution is 5.95. The van der Waals surface area contributed by atoms with Gasteiger partial charge in [0.25, 0.3) is 5.91 Å². The fourth-order valence-corrected chi connectivity index (χ4v) is 3.25. The van der Waals surface area contributed by atoms with Crippen LogP contribution in [-0.4, -0.2) is 18.0 Å². The molecule has 2 aliphatic rings. The van der Waals surface area contributed by atoms with Crippen molar-refractivity contribution in [2.75, 3.05) is 6.54 Å². The Kier molecular flexibility index (Phi) is 3.31. The van der Waals surface area contributed by atoms with Crippen LogP contribution in [0, 0.1) is 0 Å². The van der Waals surface area contributed by atoms with Crippen molar-refractivity contribution in [3.8, 4) is 0 Å². The summed E-state index contributed by atoms with van der Waals surface area (Å²) >= 11 is 0. The van der Waals surface area contributed by atoms with Crippen molar-refractivity contribution >= 4 is 5.91 Å². The predicted octanol–water partition coefficient (Wildman–Crippen LogP) is 2.39. The molecular weight excluding hydrogens is 236 g/mol.